The van der Waals surface area contributed by atoms with Crippen LogP contribution in [0.25, 0.3) is 0 Å². The van der Waals surface area contributed by atoms with Crippen molar-refractivity contribution in [1.82, 2.24) is 5.01 Å². The summed E-state index contributed by atoms with van der Waals surface area (Å²) >= 11 is 17.6. The normalized spacial score (nSPS) is 14.6. The van der Waals surface area contributed by atoms with Crippen LogP contribution in [0.2, 0.25) is 15.1 Å². The van der Waals surface area contributed by atoms with Gasteiger partial charge < -0.3 is 0 Å². The number of nitrogens with zero attached hydrogens (tertiary/aromatic N) is 1. The predicted octanol–water partition coefficient (Wildman–Crippen LogP) is 2.90. The topological polar surface area (TPSA) is 49.4 Å². The molecule has 17 heavy (non-hydrogen) atoms. The van der Waals surface area contributed by atoms with Gasteiger partial charge >= 0.3 is 0 Å². The minimum Gasteiger partial charge on any atom is -0.285 e. The van der Waals surface area contributed by atoms with Crippen molar-refractivity contribution in [2.45, 2.75) is 0 Å². The largest absolute Gasteiger partial charge is 0.285 e. The summed E-state index contributed by atoms with van der Waals surface area (Å²) in [6.45, 7) is 0. The van der Waals surface area contributed by atoms with Crippen LogP contribution in [0.5, 0.6) is 0 Å². The molecule has 0 saturated heterocycles. The Bertz CT molecular complexity index is 501. The van der Waals surface area contributed by atoms with E-state index < -0.39 is 11.8 Å². The number of benzene rings is 1. The van der Waals surface area contributed by atoms with Crippen LogP contribution >= 0.6 is 34.8 Å². The van der Waals surface area contributed by atoms with Crippen molar-refractivity contribution in [3.05, 3.63) is 39.4 Å². The summed E-state index contributed by atoms with van der Waals surface area (Å²) in [5, 5.41) is 1.61. The summed E-state index contributed by atoms with van der Waals surface area (Å²) in [7, 11) is 0. The Morgan fingerprint density at radius 2 is 1.41 bits per heavy atom. The minimum absolute atomic E-state index is 0.218. The van der Waals surface area contributed by atoms with E-state index in [1.807, 2.05) is 0 Å². The summed E-state index contributed by atoms with van der Waals surface area (Å²) in [5.74, 6) is -0.978. The smallest absolute Gasteiger partial charge is 0.272 e. The van der Waals surface area contributed by atoms with Gasteiger partial charge in [0.2, 0.25) is 0 Å². The Labute approximate surface area is 112 Å². The fraction of sp³-hybridized carbons (Fsp3) is 0. The van der Waals surface area contributed by atoms with Gasteiger partial charge in [0.05, 0.1) is 15.7 Å². The van der Waals surface area contributed by atoms with Crippen molar-refractivity contribution in [2.24, 2.45) is 0 Å². The second-order valence-corrected chi connectivity index (χ2v) is 4.45. The Morgan fingerprint density at radius 3 is 1.88 bits per heavy atom. The zero-order valence-electron chi connectivity index (χ0n) is 8.21. The van der Waals surface area contributed by atoms with E-state index in [1.54, 1.807) is 0 Å². The standard InChI is InChI=1S/C10H5Cl3N2O2/c11-5-3-6(12)10(7(13)4-5)14-15-8(16)1-2-9(15)17/h1-4,14H. The molecule has 1 aliphatic heterocycles. The van der Waals surface area contributed by atoms with Gasteiger partial charge in [-0.15, -0.1) is 0 Å². The molecular formula is C10H5Cl3N2O2. The SMILES string of the molecule is O=C1C=CC(=O)N1Nc1c(Cl)cc(Cl)cc1Cl. The van der Waals surface area contributed by atoms with E-state index in [0.29, 0.717) is 5.02 Å². The third-order valence-corrected chi connectivity index (χ3v) is 2.85. The van der Waals surface area contributed by atoms with E-state index in [0.717, 1.165) is 17.2 Å². The van der Waals surface area contributed by atoms with E-state index in [2.05, 4.69) is 5.43 Å². The molecule has 1 N–H and O–H groups in total. The lowest BCUT2D eigenvalue weighted by atomic mass is 10.3. The van der Waals surface area contributed by atoms with E-state index >= 15 is 0 Å². The van der Waals surface area contributed by atoms with Crippen molar-refractivity contribution in [2.75, 3.05) is 5.43 Å². The van der Waals surface area contributed by atoms with Gasteiger partial charge in [-0.2, -0.15) is 5.01 Å². The minimum atomic E-state index is -0.489. The van der Waals surface area contributed by atoms with Crippen LogP contribution in [-0.4, -0.2) is 16.8 Å². The summed E-state index contributed by atoms with van der Waals surface area (Å²) in [5.41, 5.74) is 2.81. The second-order valence-electron chi connectivity index (χ2n) is 3.20. The fourth-order valence-corrected chi connectivity index (χ4v) is 2.17. The molecule has 4 nitrogen and oxygen atoms in total. The highest BCUT2D eigenvalue weighted by Crippen LogP contribution is 2.34. The monoisotopic (exact) mass is 290 g/mol. The molecule has 0 unspecified atom stereocenters. The number of imide groups is 1. The van der Waals surface area contributed by atoms with Gasteiger partial charge in [0.25, 0.3) is 11.8 Å². The molecule has 0 spiro atoms. The third kappa shape index (κ3) is 2.39. The molecule has 0 bridgehead atoms. The molecule has 0 fully saturated rings. The van der Waals surface area contributed by atoms with E-state index in [1.165, 1.54) is 12.1 Å². The summed E-state index contributed by atoms with van der Waals surface area (Å²) in [4.78, 5) is 22.6. The van der Waals surface area contributed by atoms with Crippen LogP contribution in [0, 0.1) is 0 Å². The zero-order valence-corrected chi connectivity index (χ0v) is 10.5. The molecule has 0 radical (unpaired) electrons. The number of hydrogen-bond donors (Lipinski definition) is 1. The average Bonchev–Trinajstić information content (AvgIpc) is 2.53. The maximum absolute atomic E-state index is 11.3. The molecule has 2 rings (SSSR count). The van der Waals surface area contributed by atoms with Crippen LogP contribution in [0.1, 0.15) is 0 Å². The van der Waals surface area contributed by atoms with Crippen molar-refractivity contribution in [3.8, 4) is 0 Å². The molecule has 0 aliphatic carbocycles. The van der Waals surface area contributed by atoms with Gasteiger partial charge in [-0.25, -0.2) is 0 Å². The number of nitrogens with one attached hydrogen (secondary N) is 1. The summed E-state index contributed by atoms with van der Waals surface area (Å²) in [6.07, 6.45) is 2.29. The van der Waals surface area contributed by atoms with Crippen LogP contribution in [0.3, 0.4) is 0 Å². The number of rotatable bonds is 2. The van der Waals surface area contributed by atoms with Crippen molar-refractivity contribution in [1.29, 1.82) is 0 Å². The molecule has 1 heterocycles. The van der Waals surface area contributed by atoms with Gasteiger partial charge in [0, 0.05) is 17.2 Å². The highest BCUT2D eigenvalue weighted by molar-refractivity contribution is 6.41. The molecule has 0 atom stereocenters. The number of hydrogen-bond acceptors (Lipinski definition) is 3. The highest BCUT2D eigenvalue weighted by atomic mass is 35.5. The molecule has 1 aromatic carbocycles. The average molecular weight is 292 g/mol. The first kappa shape index (κ1) is 12.2. The third-order valence-electron chi connectivity index (χ3n) is 2.04. The number of halogens is 3. The molecule has 1 aromatic rings. The van der Waals surface area contributed by atoms with Gasteiger partial charge in [-0.3, -0.25) is 15.0 Å². The number of carbonyl (C=O) groups is 2. The fourth-order valence-electron chi connectivity index (χ4n) is 1.27. The molecule has 7 heteroatoms. The highest BCUT2D eigenvalue weighted by Gasteiger charge is 2.25. The first-order valence-electron chi connectivity index (χ1n) is 4.46. The van der Waals surface area contributed by atoms with Crippen molar-refractivity contribution in [3.63, 3.8) is 0 Å². The molecule has 0 aromatic heterocycles. The molecular weight excluding hydrogens is 286 g/mol. The number of anilines is 1. The number of carbonyl (C=O) groups excluding carboxylic acids is 2. The lowest BCUT2D eigenvalue weighted by Crippen LogP contribution is -2.35. The predicted molar refractivity (Wildman–Crippen MR) is 66.1 cm³/mol. The maximum atomic E-state index is 11.3. The first-order valence-corrected chi connectivity index (χ1v) is 5.60. The summed E-state index contributed by atoms with van der Waals surface area (Å²) < 4.78 is 0. The van der Waals surface area contributed by atoms with Crippen LogP contribution < -0.4 is 5.43 Å². The van der Waals surface area contributed by atoms with Crippen LogP contribution in [-0.2, 0) is 9.59 Å². The Balaban J connectivity index is 2.31. The quantitative estimate of drug-likeness (QED) is 0.852. The maximum Gasteiger partial charge on any atom is 0.272 e. The van der Waals surface area contributed by atoms with E-state index in [-0.39, 0.29) is 15.7 Å². The Kier molecular flexibility index (Phi) is 3.28. The second kappa shape index (κ2) is 4.56. The molecule has 0 saturated carbocycles. The van der Waals surface area contributed by atoms with Gasteiger partial charge in [0.15, 0.2) is 0 Å². The van der Waals surface area contributed by atoms with Gasteiger partial charge in [-0.1, -0.05) is 34.8 Å². The molecule has 88 valence electrons. The lowest BCUT2D eigenvalue weighted by molar-refractivity contribution is -0.135. The van der Waals surface area contributed by atoms with E-state index in [9.17, 15) is 9.59 Å². The molecule has 2 amide bonds. The Morgan fingerprint density at radius 1 is 0.941 bits per heavy atom. The van der Waals surface area contributed by atoms with Crippen molar-refractivity contribution < 1.29 is 9.59 Å². The van der Waals surface area contributed by atoms with Crippen molar-refractivity contribution >= 4 is 52.3 Å². The van der Waals surface area contributed by atoms with Gasteiger partial charge in [-0.05, 0) is 12.1 Å². The first-order chi connectivity index (χ1) is 7.99. The van der Waals surface area contributed by atoms with Crippen LogP contribution in [0.15, 0.2) is 24.3 Å². The number of hydrazine groups is 1. The molecule has 1 aliphatic rings. The Hall–Kier alpha value is -1.23. The van der Waals surface area contributed by atoms with E-state index in [4.69, 9.17) is 34.8 Å². The summed E-state index contributed by atoms with van der Waals surface area (Å²) in [6, 6.07) is 2.91. The van der Waals surface area contributed by atoms with Crippen LogP contribution in [0.4, 0.5) is 5.69 Å². The number of amides is 2. The zero-order chi connectivity index (χ0) is 12.6. The lowest BCUT2D eigenvalue weighted by Gasteiger charge is -2.18. The van der Waals surface area contributed by atoms with Gasteiger partial charge in [0.1, 0.15) is 0 Å².